The first kappa shape index (κ1) is 27.7. The predicted molar refractivity (Wildman–Crippen MR) is 158 cm³/mol. The molecule has 4 aromatic rings. The molecule has 6 nitrogen and oxygen atoms in total. The SMILES string of the molecule is O=C(c1cc(-c2ccccc2)nc(-c2ccccc2)c1)N1CCN(C2CCN(C(=O)c3c(F)cccc3F)CC2)CC1. The Bertz CT molecular complexity index is 1490. The summed E-state index contributed by atoms with van der Waals surface area (Å²) in [6.45, 7) is 3.54. The van der Waals surface area contributed by atoms with Crippen molar-refractivity contribution in [3.8, 4) is 22.5 Å². The van der Waals surface area contributed by atoms with E-state index in [0.717, 1.165) is 60.6 Å². The largest absolute Gasteiger partial charge is 0.338 e. The molecule has 214 valence electrons. The molecule has 6 rings (SSSR count). The highest BCUT2D eigenvalue weighted by Crippen LogP contribution is 2.27. The number of carbonyl (C=O) groups is 2. The fourth-order valence-electron chi connectivity index (χ4n) is 5.93. The minimum absolute atomic E-state index is 0.0151. The molecule has 8 heteroatoms. The van der Waals surface area contributed by atoms with E-state index in [4.69, 9.17) is 4.98 Å². The van der Waals surface area contributed by atoms with Crippen LogP contribution in [0.4, 0.5) is 8.78 Å². The quantitative estimate of drug-likeness (QED) is 0.309. The monoisotopic (exact) mass is 566 g/mol. The second-order valence-corrected chi connectivity index (χ2v) is 10.8. The molecule has 2 saturated heterocycles. The Hall–Kier alpha value is -4.43. The molecule has 0 N–H and O–H groups in total. The summed E-state index contributed by atoms with van der Waals surface area (Å²) >= 11 is 0. The maximum atomic E-state index is 14.1. The van der Waals surface area contributed by atoms with Crippen molar-refractivity contribution in [2.75, 3.05) is 39.3 Å². The van der Waals surface area contributed by atoms with Gasteiger partial charge in [-0.25, -0.2) is 13.8 Å². The molecule has 0 radical (unpaired) electrons. The molecule has 3 aromatic carbocycles. The summed E-state index contributed by atoms with van der Waals surface area (Å²) in [7, 11) is 0. The molecule has 0 bridgehead atoms. The van der Waals surface area contributed by atoms with Gasteiger partial charge in [0, 0.05) is 62.0 Å². The van der Waals surface area contributed by atoms with Gasteiger partial charge in [-0.2, -0.15) is 0 Å². The molecule has 0 saturated carbocycles. The normalized spacial score (nSPS) is 16.4. The van der Waals surface area contributed by atoms with Crippen LogP contribution in [0.3, 0.4) is 0 Å². The molecule has 2 aliphatic rings. The molecule has 2 amide bonds. The Kier molecular flexibility index (Phi) is 8.06. The van der Waals surface area contributed by atoms with E-state index in [-0.39, 0.29) is 11.9 Å². The molecule has 0 atom stereocenters. The predicted octanol–water partition coefficient (Wildman–Crippen LogP) is 5.76. The van der Waals surface area contributed by atoms with Gasteiger partial charge < -0.3 is 9.80 Å². The number of nitrogens with zero attached hydrogens (tertiary/aromatic N) is 4. The van der Waals surface area contributed by atoms with Crippen molar-refractivity contribution in [3.05, 3.63) is 114 Å². The molecule has 3 heterocycles. The molecule has 2 aliphatic heterocycles. The summed E-state index contributed by atoms with van der Waals surface area (Å²) in [5.41, 5.74) is 3.56. The lowest BCUT2D eigenvalue weighted by atomic mass is 10.0. The van der Waals surface area contributed by atoms with Gasteiger partial charge >= 0.3 is 0 Å². The van der Waals surface area contributed by atoms with Crippen molar-refractivity contribution in [2.24, 2.45) is 0 Å². The van der Waals surface area contributed by atoms with Crippen LogP contribution >= 0.6 is 0 Å². The number of carbonyl (C=O) groups excluding carboxylic acids is 2. The molecular formula is C34H32F2N4O2. The van der Waals surface area contributed by atoms with Crippen LogP contribution in [-0.4, -0.2) is 76.8 Å². The lowest BCUT2D eigenvalue weighted by Crippen LogP contribution is -2.54. The highest BCUT2D eigenvalue weighted by Gasteiger charge is 2.32. The van der Waals surface area contributed by atoms with Crippen molar-refractivity contribution in [1.82, 2.24) is 19.7 Å². The van der Waals surface area contributed by atoms with Gasteiger partial charge in [-0.15, -0.1) is 0 Å². The number of piperidine rings is 1. The standard InChI is InChI=1S/C34H32F2N4O2/c35-28-12-7-13-29(36)32(28)34(42)39-16-14-27(15-17-39)38-18-20-40(21-19-38)33(41)26-22-30(24-8-3-1-4-9-24)37-31(23-26)25-10-5-2-6-11-25/h1-13,22-23,27H,14-21H2. The summed E-state index contributed by atoms with van der Waals surface area (Å²) in [5.74, 6) is -2.27. The molecule has 2 fully saturated rings. The lowest BCUT2D eigenvalue weighted by molar-refractivity contribution is 0.0409. The summed E-state index contributed by atoms with van der Waals surface area (Å²) in [5, 5.41) is 0. The van der Waals surface area contributed by atoms with E-state index in [1.165, 1.54) is 11.0 Å². The molecule has 0 unspecified atom stereocenters. The van der Waals surface area contributed by atoms with Crippen LogP contribution in [0, 0.1) is 11.6 Å². The second kappa shape index (κ2) is 12.2. The zero-order chi connectivity index (χ0) is 29.1. The van der Waals surface area contributed by atoms with Crippen molar-refractivity contribution >= 4 is 11.8 Å². The minimum Gasteiger partial charge on any atom is -0.338 e. The van der Waals surface area contributed by atoms with Gasteiger partial charge in [0.1, 0.15) is 17.2 Å². The van der Waals surface area contributed by atoms with Crippen LogP contribution < -0.4 is 0 Å². The number of pyridine rings is 1. The van der Waals surface area contributed by atoms with Crippen LogP contribution in [0.2, 0.25) is 0 Å². The average molecular weight is 567 g/mol. The van der Waals surface area contributed by atoms with E-state index in [1.807, 2.05) is 77.7 Å². The van der Waals surface area contributed by atoms with Gasteiger partial charge in [0.15, 0.2) is 0 Å². The van der Waals surface area contributed by atoms with Crippen LogP contribution in [0.15, 0.2) is 91.0 Å². The highest BCUT2D eigenvalue weighted by molar-refractivity contribution is 5.96. The van der Waals surface area contributed by atoms with Crippen LogP contribution in [0.25, 0.3) is 22.5 Å². The van der Waals surface area contributed by atoms with Gasteiger partial charge in [-0.1, -0.05) is 66.7 Å². The fourth-order valence-corrected chi connectivity index (χ4v) is 5.93. The van der Waals surface area contributed by atoms with E-state index < -0.39 is 23.1 Å². The van der Waals surface area contributed by atoms with Crippen LogP contribution in [-0.2, 0) is 0 Å². The van der Waals surface area contributed by atoms with Crippen molar-refractivity contribution in [1.29, 1.82) is 0 Å². The number of rotatable bonds is 5. The van der Waals surface area contributed by atoms with E-state index in [9.17, 15) is 18.4 Å². The Morgan fingerprint density at radius 2 is 1.12 bits per heavy atom. The Labute approximate surface area is 244 Å². The van der Waals surface area contributed by atoms with Gasteiger partial charge in [-0.3, -0.25) is 14.5 Å². The topological polar surface area (TPSA) is 56.8 Å². The summed E-state index contributed by atoms with van der Waals surface area (Å²) < 4.78 is 28.3. The van der Waals surface area contributed by atoms with Gasteiger partial charge in [0.05, 0.1) is 11.4 Å². The molecule has 1 aromatic heterocycles. The Morgan fingerprint density at radius 1 is 0.619 bits per heavy atom. The number of hydrogen-bond donors (Lipinski definition) is 0. The maximum absolute atomic E-state index is 14.1. The van der Waals surface area contributed by atoms with Crippen LogP contribution in [0.1, 0.15) is 33.6 Å². The number of hydrogen-bond acceptors (Lipinski definition) is 4. The lowest BCUT2D eigenvalue weighted by Gasteiger charge is -2.42. The van der Waals surface area contributed by atoms with E-state index in [2.05, 4.69) is 4.90 Å². The zero-order valence-electron chi connectivity index (χ0n) is 23.3. The molecule has 0 spiro atoms. The Morgan fingerprint density at radius 3 is 1.64 bits per heavy atom. The third kappa shape index (κ3) is 5.81. The van der Waals surface area contributed by atoms with Crippen LogP contribution in [0.5, 0.6) is 0 Å². The van der Waals surface area contributed by atoms with Gasteiger partial charge in [0.25, 0.3) is 11.8 Å². The summed E-state index contributed by atoms with van der Waals surface area (Å²) in [6, 6.07) is 27.3. The Balaban J connectivity index is 1.11. The second-order valence-electron chi connectivity index (χ2n) is 10.8. The zero-order valence-corrected chi connectivity index (χ0v) is 23.3. The third-order valence-electron chi connectivity index (χ3n) is 8.26. The molecule has 42 heavy (non-hydrogen) atoms. The number of benzene rings is 3. The number of amides is 2. The summed E-state index contributed by atoms with van der Waals surface area (Å²) in [4.78, 5) is 37.2. The molecular weight excluding hydrogens is 534 g/mol. The average Bonchev–Trinajstić information content (AvgIpc) is 3.05. The van der Waals surface area contributed by atoms with E-state index in [0.29, 0.717) is 31.7 Å². The maximum Gasteiger partial charge on any atom is 0.259 e. The van der Waals surface area contributed by atoms with E-state index >= 15 is 0 Å². The first-order valence-electron chi connectivity index (χ1n) is 14.4. The number of halogens is 2. The highest BCUT2D eigenvalue weighted by atomic mass is 19.1. The van der Waals surface area contributed by atoms with Crippen molar-refractivity contribution in [2.45, 2.75) is 18.9 Å². The summed E-state index contributed by atoms with van der Waals surface area (Å²) in [6.07, 6.45) is 1.45. The number of aromatic nitrogens is 1. The van der Waals surface area contributed by atoms with Crippen molar-refractivity contribution < 1.29 is 18.4 Å². The van der Waals surface area contributed by atoms with Crippen molar-refractivity contribution in [3.63, 3.8) is 0 Å². The first-order chi connectivity index (χ1) is 20.5. The number of likely N-dealkylation sites (tertiary alicyclic amines) is 1. The molecule has 0 aliphatic carbocycles. The minimum atomic E-state index is -0.830. The third-order valence-corrected chi connectivity index (χ3v) is 8.26. The first-order valence-corrected chi connectivity index (χ1v) is 14.4. The number of piperazine rings is 1. The van der Waals surface area contributed by atoms with E-state index in [1.54, 1.807) is 0 Å². The smallest absolute Gasteiger partial charge is 0.259 e. The fraction of sp³-hybridized carbons (Fsp3) is 0.265. The van der Waals surface area contributed by atoms with Gasteiger partial charge in [0.2, 0.25) is 0 Å². The van der Waals surface area contributed by atoms with Gasteiger partial charge in [-0.05, 0) is 37.1 Å².